The number of nitrogens with two attached hydrogens (primary N) is 1. The van der Waals surface area contributed by atoms with Crippen LogP contribution in [0.3, 0.4) is 0 Å². The molecule has 0 bridgehead atoms. The van der Waals surface area contributed by atoms with Gasteiger partial charge in [0, 0.05) is 23.5 Å². The first-order valence-electron chi connectivity index (χ1n) is 13.5. The van der Waals surface area contributed by atoms with Crippen LogP contribution in [0.25, 0.3) is 10.9 Å². The van der Waals surface area contributed by atoms with Gasteiger partial charge in [0.25, 0.3) is 0 Å². The Balaban J connectivity index is 2.33. The Kier molecular flexibility index (Phi) is 12.8. The highest BCUT2D eigenvalue weighted by atomic mass is 32.2. The average Bonchev–Trinajstić information content (AvgIpc) is 3.34. The SMILES string of the molecule is CCC(C)C(N)C(=O)NC(CCSC)C(=O)NC(Cc1c[nH]c2ccccc12)C(=O)NC(C(=O)O)C(C)CC. The fourth-order valence-electron chi connectivity index (χ4n) is 4.22. The van der Waals surface area contributed by atoms with E-state index in [1.165, 1.54) is 11.8 Å². The molecule has 1 aromatic heterocycles. The molecule has 0 saturated heterocycles. The lowest BCUT2D eigenvalue weighted by Gasteiger charge is -2.27. The second-order valence-corrected chi connectivity index (χ2v) is 11.1. The van der Waals surface area contributed by atoms with E-state index in [9.17, 15) is 24.3 Å². The van der Waals surface area contributed by atoms with Gasteiger partial charge < -0.3 is 31.8 Å². The lowest BCUT2D eigenvalue weighted by Crippen LogP contribution is -2.58. The third-order valence-electron chi connectivity index (χ3n) is 7.31. The minimum atomic E-state index is -1.14. The monoisotopic (exact) mass is 561 g/mol. The zero-order valence-corrected chi connectivity index (χ0v) is 24.3. The van der Waals surface area contributed by atoms with Crippen molar-refractivity contribution in [2.24, 2.45) is 17.6 Å². The summed E-state index contributed by atoms with van der Waals surface area (Å²) < 4.78 is 0. The lowest BCUT2D eigenvalue weighted by atomic mass is 9.97. The molecule has 39 heavy (non-hydrogen) atoms. The number of nitrogens with one attached hydrogen (secondary N) is 4. The van der Waals surface area contributed by atoms with Crippen LogP contribution in [0.5, 0.6) is 0 Å². The predicted molar refractivity (Wildman–Crippen MR) is 155 cm³/mol. The number of aromatic nitrogens is 1. The van der Waals surface area contributed by atoms with Crippen LogP contribution >= 0.6 is 11.8 Å². The van der Waals surface area contributed by atoms with Crippen molar-refractivity contribution >= 4 is 46.4 Å². The van der Waals surface area contributed by atoms with E-state index in [1.54, 1.807) is 13.1 Å². The molecule has 6 atom stereocenters. The lowest BCUT2D eigenvalue weighted by molar-refractivity contribution is -0.143. The summed E-state index contributed by atoms with van der Waals surface area (Å²) in [6.45, 7) is 7.41. The van der Waals surface area contributed by atoms with Crippen LogP contribution in [0.4, 0.5) is 0 Å². The minimum Gasteiger partial charge on any atom is -0.480 e. The molecule has 10 nitrogen and oxygen atoms in total. The van der Waals surface area contributed by atoms with E-state index in [0.717, 1.165) is 16.5 Å². The summed E-state index contributed by atoms with van der Waals surface area (Å²) in [5.74, 6) is -2.47. The first kappa shape index (κ1) is 32.2. The molecular weight excluding hydrogens is 518 g/mol. The maximum absolute atomic E-state index is 13.5. The normalized spacial score (nSPS) is 15.9. The second-order valence-electron chi connectivity index (χ2n) is 10.1. The highest BCUT2D eigenvalue weighted by Gasteiger charge is 2.32. The number of H-pyrrole nitrogens is 1. The molecule has 6 unspecified atom stereocenters. The average molecular weight is 562 g/mol. The Labute approximate surface area is 234 Å². The summed E-state index contributed by atoms with van der Waals surface area (Å²) in [5.41, 5.74) is 7.77. The number of hydrogen-bond donors (Lipinski definition) is 6. The number of carbonyl (C=O) groups excluding carboxylic acids is 3. The molecular formula is C28H43N5O5S. The minimum absolute atomic E-state index is 0.0665. The number of fused-ring (bicyclic) bond motifs is 1. The Morgan fingerprint density at radius 2 is 1.56 bits per heavy atom. The molecule has 0 aliphatic rings. The molecule has 2 aromatic rings. The van der Waals surface area contributed by atoms with Crippen LogP contribution in [0.15, 0.2) is 30.5 Å². The molecule has 0 fully saturated rings. The molecule has 0 aliphatic heterocycles. The van der Waals surface area contributed by atoms with Crippen LogP contribution < -0.4 is 21.7 Å². The molecule has 0 aliphatic carbocycles. The van der Waals surface area contributed by atoms with Crippen molar-refractivity contribution in [3.05, 3.63) is 36.0 Å². The van der Waals surface area contributed by atoms with E-state index in [4.69, 9.17) is 5.73 Å². The van der Waals surface area contributed by atoms with Gasteiger partial charge in [0.15, 0.2) is 0 Å². The maximum Gasteiger partial charge on any atom is 0.326 e. The number of carboxylic acids is 1. The fraction of sp³-hybridized carbons (Fsp3) is 0.571. The van der Waals surface area contributed by atoms with E-state index >= 15 is 0 Å². The van der Waals surface area contributed by atoms with Crippen molar-refractivity contribution in [3.63, 3.8) is 0 Å². The first-order chi connectivity index (χ1) is 18.5. The van der Waals surface area contributed by atoms with Crippen LogP contribution in [0.2, 0.25) is 0 Å². The molecule has 3 amide bonds. The molecule has 1 heterocycles. The fourth-order valence-corrected chi connectivity index (χ4v) is 4.70. The number of hydrogen-bond acceptors (Lipinski definition) is 6. The number of aliphatic carboxylic acids is 1. The third kappa shape index (κ3) is 8.99. The molecule has 0 spiro atoms. The first-order valence-corrected chi connectivity index (χ1v) is 14.9. The van der Waals surface area contributed by atoms with Gasteiger partial charge in [-0.1, -0.05) is 58.7 Å². The zero-order valence-electron chi connectivity index (χ0n) is 23.5. The summed E-state index contributed by atoms with van der Waals surface area (Å²) in [7, 11) is 0. The van der Waals surface area contributed by atoms with E-state index < -0.39 is 47.9 Å². The van der Waals surface area contributed by atoms with Gasteiger partial charge >= 0.3 is 5.97 Å². The third-order valence-corrected chi connectivity index (χ3v) is 7.96. The van der Waals surface area contributed by atoms with Crippen molar-refractivity contribution in [2.75, 3.05) is 12.0 Å². The molecule has 11 heteroatoms. The van der Waals surface area contributed by atoms with Crippen molar-refractivity contribution in [3.8, 4) is 0 Å². The summed E-state index contributed by atoms with van der Waals surface area (Å²) in [4.78, 5) is 54.8. The van der Waals surface area contributed by atoms with Crippen LogP contribution in [-0.2, 0) is 25.6 Å². The molecule has 2 rings (SSSR count). The molecule has 0 radical (unpaired) electrons. The van der Waals surface area contributed by atoms with E-state index in [2.05, 4.69) is 20.9 Å². The van der Waals surface area contributed by atoms with Crippen LogP contribution in [-0.4, -0.2) is 70.0 Å². The van der Waals surface area contributed by atoms with Gasteiger partial charge in [-0.05, 0) is 41.9 Å². The number of thioether (sulfide) groups is 1. The van der Waals surface area contributed by atoms with Gasteiger partial charge in [0.2, 0.25) is 17.7 Å². The molecule has 216 valence electrons. The van der Waals surface area contributed by atoms with Gasteiger partial charge in [-0.2, -0.15) is 11.8 Å². The highest BCUT2D eigenvalue weighted by molar-refractivity contribution is 7.98. The Morgan fingerprint density at radius 1 is 0.949 bits per heavy atom. The Hall–Kier alpha value is -3.05. The summed E-state index contributed by atoms with van der Waals surface area (Å²) in [6.07, 6.45) is 5.41. The Morgan fingerprint density at radius 3 is 2.18 bits per heavy atom. The Bertz CT molecular complexity index is 1120. The van der Waals surface area contributed by atoms with Crippen LogP contribution in [0.1, 0.15) is 52.5 Å². The van der Waals surface area contributed by atoms with E-state index in [-0.39, 0.29) is 18.3 Å². The van der Waals surface area contributed by atoms with Gasteiger partial charge in [0.1, 0.15) is 18.1 Å². The number of carbonyl (C=O) groups is 4. The highest BCUT2D eigenvalue weighted by Crippen LogP contribution is 2.20. The van der Waals surface area contributed by atoms with Gasteiger partial charge in [0.05, 0.1) is 6.04 Å². The summed E-state index contributed by atoms with van der Waals surface area (Å²) >= 11 is 1.53. The van der Waals surface area contributed by atoms with Gasteiger partial charge in [-0.25, -0.2) is 4.79 Å². The standard InChI is InChI=1S/C28H43N5O5S/c1-6-16(3)23(29)27(36)31-21(12-13-39-5)25(34)32-22(26(35)33-24(28(37)38)17(4)7-2)14-18-15-30-20-11-9-8-10-19(18)20/h8-11,15-17,21-24,30H,6-7,12-14,29H2,1-5H3,(H,31,36)(H,32,34)(H,33,35)(H,37,38). The van der Waals surface area contributed by atoms with Crippen molar-refractivity contribution < 1.29 is 24.3 Å². The van der Waals surface area contributed by atoms with Gasteiger partial charge in [-0.3, -0.25) is 14.4 Å². The summed E-state index contributed by atoms with van der Waals surface area (Å²) in [5, 5.41) is 18.8. The van der Waals surface area contributed by atoms with Gasteiger partial charge in [-0.15, -0.1) is 0 Å². The number of amides is 3. The van der Waals surface area contributed by atoms with E-state index in [1.807, 2.05) is 51.3 Å². The zero-order chi connectivity index (χ0) is 29.1. The number of rotatable bonds is 16. The van der Waals surface area contributed by atoms with Crippen molar-refractivity contribution in [1.29, 1.82) is 0 Å². The molecule has 1 aromatic carbocycles. The van der Waals surface area contributed by atoms with E-state index in [0.29, 0.717) is 25.0 Å². The molecule has 0 saturated carbocycles. The number of benzene rings is 1. The van der Waals surface area contributed by atoms with Crippen molar-refractivity contribution in [2.45, 2.75) is 77.5 Å². The predicted octanol–water partition coefficient (Wildman–Crippen LogP) is 2.42. The molecule has 7 N–H and O–H groups in total. The number of aromatic amines is 1. The summed E-state index contributed by atoms with van der Waals surface area (Å²) in [6, 6.07) is 3.75. The number of carboxylic acid groups (broad SMARTS) is 1. The number of para-hydroxylation sites is 1. The smallest absolute Gasteiger partial charge is 0.326 e. The second kappa shape index (κ2) is 15.5. The van der Waals surface area contributed by atoms with Crippen LogP contribution in [0, 0.1) is 11.8 Å². The quantitative estimate of drug-likeness (QED) is 0.183. The topological polar surface area (TPSA) is 166 Å². The maximum atomic E-state index is 13.5. The van der Waals surface area contributed by atoms with Crippen molar-refractivity contribution in [1.82, 2.24) is 20.9 Å². The largest absolute Gasteiger partial charge is 0.480 e.